The lowest BCUT2D eigenvalue weighted by atomic mass is 10.1. The first-order chi connectivity index (χ1) is 12.1. The van der Waals surface area contributed by atoms with Crippen LogP contribution in [0.25, 0.3) is 33.7 Å². The molecule has 2 aromatic heterocycles. The number of hydrogen-bond donors (Lipinski definition) is 2. The average molecular weight is 350 g/mol. The van der Waals surface area contributed by atoms with Crippen LogP contribution in [0.3, 0.4) is 0 Å². The molecule has 122 valence electrons. The number of hydrogen-bond acceptors (Lipinski definition) is 3. The van der Waals surface area contributed by atoms with Gasteiger partial charge in [0.05, 0.1) is 21.8 Å². The van der Waals surface area contributed by atoms with Gasteiger partial charge in [0.15, 0.2) is 0 Å². The van der Waals surface area contributed by atoms with Crippen LogP contribution in [-0.4, -0.2) is 26.0 Å². The molecule has 4 rings (SSSR count). The molecule has 0 unspecified atom stereocenters. The Kier molecular flexibility index (Phi) is 3.71. The smallest absolute Gasteiger partial charge is 0.335 e. The summed E-state index contributed by atoms with van der Waals surface area (Å²) in [6, 6.07) is 16.2. The maximum absolute atomic E-state index is 11.1. The number of halogens is 1. The van der Waals surface area contributed by atoms with Crippen molar-refractivity contribution in [3.8, 4) is 22.6 Å². The summed E-state index contributed by atoms with van der Waals surface area (Å²) >= 11 is 6.18. The molecule has 0 bridgehead atoms. The maximum atomic E-state index is 11.1. The number of aromatic nitrogens is 3. The number of imidazole rings is 1. The Balaban J connectivity index is 1.80. The zero-order valence-corrected chi connectivity index (χ0v) is 13.7. The van der Waals surface area contributed by atoms with Crippen LogP contribution in [0.1, 0.15) is 10.4 Å². The zero-order chi connectivity index (χ0) is 17.4. The lowest BCUT2D eigenvalue weighted by Crippen LogP contribution is -1.97. The van der Waals surface area contributed by atoms with Crippen LogP contribution in [0.5, 0.6) is 0 Å². The van der Waals surface area contributed by atoms with Gasteiger partial charge in [-0.25, -0.2) is 9.78 Å². The molecular weight excluding hydrogens is 338 g/mol. The van der Waals surface area contributed by atoms with Crippen molar-refractivity contribution < 1.29 is 9.90 Å². The van der Waals surface area contributed by atoms with E-state index in [1.165, 1.54) is 12.3 Å². The first kappa shape index (κ1) is 15.4. The van der Waals surface area contributed by atoms with E-state index in [4.69, 9.17) is 16.7 Å². The van der Waals surface area contributed by atoms with Crippen molar-refractivity contribution >= 4 is 28.6 Å². The van der Waals surface area contributed by atoms with Gasteiger partial charge in [0.25, 0.3) is 0 Å². The highest BCUT2D eigenvalue weighted by Gasteiger charge is 2.10. The van der Waals surface area contributed by atoms with Gasteiger partial charge in [-0.05, 0) is 30.3 Å². The number of carbonyl (C=O) groups is 1. The molecule has 0 atom stereocenters. The minimum atomic E-state index is -0.980. The Bertz CT molecular complexity index is 1100. The van der Waals surface area contributed by atoms with Gasteiger partial charge >= 0.3 is 5.97 Å². The average Bonchev–Trinajstić information content (AvgIpc) is 3.08. The summed E-state index contributed by atoms with van der Waals surface area (Å²) in [5, 5.41) is 9.73. The molecule has 0 spiro atoms. The second kappa shape index (κ2) is 6.03. The molecule has 4 aromatic rings. The van der Waals surface area contributed by atoms with Crippen molar-refractivity contribution in [2.24, 2.45) is 0 Å². The number of para-hydroxylation sites is 1. The fraction of sp³-hybridized carbons (Fsp3) is 0. The highest BCUT2D eigenvalue weighted by atomic mass is 35.5. The molecule has 0 saturated heterocycles. The Labute approximate surface area is 147 Å². The van der Waals surface area contributed by atoms with Gasteiger partial charge in [-0.15, -0.1) is 0 Å². The molecule has 2 N–H and O–H groups in total. The Morgan fingerprint density at radius 2 is 1.84 bits per heavy atom. The minimum Gasteiger partial charge on any atom is -0.478 e. The highest BCUT2D eigenvalue weighted by molar-refractivity contribution is 6.35. The Morgan fingerprint density at radius 1 is 1.04 bits per heavy atom. The van der Waals surface area contributed by atoms with Gasteiger partial charge in [0.1, 0.15) is 11.3 Å². The summed E-state index contributed by atoms with van der Waals surface area (Å²) in [7, 11) is 0. The molecule has 0 aliphatic carbocycles. The maximum Gasteiger partial charge on any atom is 0.335 e. The highest BCUT2D eigenvalue weighted by Crippen LogP contribution is 2.28. The third-order valence-electron chi connectivity index (χ3n) is 3.90. The van der Waals surface area contributed by atoms with Crippen LogP contribution >= 0.6 is 11.6 Å². The second-order valence-electron chi connectivity index (χ2n) is 5.54. The number of benzene rings is 2. The van der Waals surface area contributed by atoms with Gasteiger partial charge < -0.3 is 10.1 Å². The van der Waals surface area contributed by atoms with Crippen molar-refractivity contribution in [3.05, 3.63) is 71.4 Å². The van der Waals surface area contributed by atoms with Crippen molar-refractivity contribution in [1.82, 2.24) is 15.0 Å². The molecule has 0 saturated carbocycles. The van der Waals surface area contributed by atoms with Crippen molar-refractivity contribution in [1.29, 1.82) is 0 Å². The summed E-state index contributed by atoms with van der Waals surface area (Å²) in [6.45, 7) is 0. The fourth-order valence-electron chi connectivity index (χ4n) is 2.68. The number of fused-ring (bicyclic) bond motifs is 1. The van der Waals surface area contributed by atoms with E-state index in [-0.39, 0.29) is 5.56 Å². The molecule has 0 aliphatic heterocycles. The fourth-order valence-corrected chi connectivity index (χ4v) is 2.90. The number of carboxylic acid groups (broad SMARTS) is 1. The Morgan fingerprint density at radius 3 is 2.64 bits per heavy atom. The third-order valence-corrected chi connectivity index (χ3v) is 4.21. The molecular formula is C19H12ClN3O2. The Hall–Kier alpha value is -3.18. The van der Waals surface area contributed by atoms with Gasteiger partial charge in [0.2, 0.25) is 0 Å². The summed E-state index contributed by atoms with van der Waals surface area (Å²) in [6.07, 6.45) is 1.49. The number of aromatic carboxylic acids is 1. The quantitative estimate of drug-likeness (QED) is 0.564. The molecule has 25 heavy (non-hydrogen) atoms. The number of aromatic amines is 1. The van der Waals surface area contributed by atoms with Crippen LogP contribution in [0.2, 0.25) is 5.02 Å². The SMILES string of the molecule is O=C(O)c1ccnc(-c2cccc(-c3nc4c(Cl)cccc4[nH]3)c2)c1. The number of pyridine rings is 1. The van der Waals surface area contributed by atoms with Crippen molar-refractivity contribution in [3.63, 3.8) is 0 Å². The van der Waals surface area contributed by atoms with E-state index in [2.05, 4.69) is 15.0 Å². The summed E-state index contributed by atoms with van der Waals surface area (Å²) < 4.78 is 0. The van der Waals surface area contributed by atoms with Crippen molar-refractivity contribution in [2.75, 3.05) is 0 Å². The first-order valence-electron chi connectivity index (χ1n) is 7.56. The topological polar surface area (TPSA) is 78.9 Å². The second-order valence-corrected chi connectivity index (χ2v) is 5.94. The van der Waals surface area contributed by atoms with E-state index < -0.39 is 5.97 Å². The third kappa shape index (κ3) is 2.86. The number of H-pyrrole nitrogens is 1. The van der Waals surface area contributed by atoms with Crippen LogP contribution < -0.4 is 0 Å². The van der Waals surface area contributed by atoms with E-state index in [0.29, 0.717) is 16.5 Å². The largest absolute Gasteiger partial charge is 0.478 e. The molecule has 2 heterocycles. The molecule has 2 aromatic carbocycles. The molecule has 0 aliphatic rings. The minimum absolute atomic E-state index is 0.200. The van der Waals surface area contributed by atoms with E-state index in [1.54, 1.807) is 12.1 Å². The van der Waals surface area contributed by atoms with Gasteiger partial charge in [-0.1, -0.05) is 35.9 Å². The van der Waals surface area contributed by atoms with Crippen molar-refractivity contribution in [2.45, 2.75) is 0 Å². The molecule has 0 fully saturated rings. The van der Waals surface area contributed by atoms with Gasteiger partial charge in [-0.3, -0.25) is 4.98 Å². The monoisotopic (exact) mass is 349 g/mol. The normalized spacial score (nSPS) is 10.9. The number of carboxylic acids is 1. The standard InChI is InChI=1S/C19H12ClN3O2/c20-14-5-2-6-15-17(14)23-18(22-15)12-4-1-3-11(9-12)16-10-13(19(24)25)7-8-21-16/h1-10H,(H,22,23)(H,24,25). The van der Waals surface area contributed by atoms with Gasteiger partial charge in [0, 0.05) is 17.3 Å². The van der Waals surface area contributed by atoms with Crippen LogP contribution in [-0.2, 0) is 0 Å². The van der Waals surface area contributed by atoms with E-state index in [0.717, 1.165) is 22.2 Å². The van der Waals surface area contributed by atoms with Crippen LogP contribution in [0, 0.1) is 0 Å². The van der Waals surface area contributed by atoms with E-state index in [1.807, 2.05) is 36.4 Å². The van der Waals surface area contributed by atoms with E-state index >= 15 is 0 Å². The number of nitrogens with one attached hydrogen (secondary N) is 1. The molecule has 5 nitrogen and oxygen atoms in total. The lowest BCUT2D eigenvalue weighted by Gasteiger charge is -2.04. The number of rotatable bonds is 3. The summed E-state index contributed by atoms with van der Waals surface area (Å²) in [5.74, 6) is -0.286. The molecule has 0 amide bonds. The van der Waals surface area contributed by atoms with Crippen LogP contribution in [0.15, 0.2) is 60.8 Å². The molecule has 6 heteroatoms. The van der Waals surface area contributed by atoms with Gasteiger partial charge in [-0.2, -0.15) is 0 Å². The number of nitrogens with zero attached hydrogens (tertiary/aromatic N) is 2. The molecule has 0 radical (unpaired) electrons. The lowest BCUT2D eigenvalue weighted by molar-refractivity contribution is 0.0697. The zero-order valence-electron chi connectivity index (χ0n) is 12.9. The van der Waals surface area contributed by atoms with E-state index in [9.17, 15) is 4.79 Å². The first-order valence-corrected chi connectivity index (χ1v) is 7.94. The summed E-state index contributed by atoms with van der Waals surface area (Å²) in [5.41, 5.74) is 4.05. The van der Waals surface area contributed by atoms with Crippen LogP contribution in [0.4, 0.5) is 0 Å². The summed E-state index contributed by atoms with van der Waals surface area (Å²) in [4.78, 5) is 23.2. The predicted octanol–water partition coefficient (Wildman–Crippen LogP) is 4.64. The predicted molar refractivity (Wildman–Crippen MR) is 96.7 cm³/mol.